The molecule has 1 N–H and O–H groups in total. The normalized spacial score (nSPS) is 11.8. The molecule has 0 aliphatic heterocycles. The van der Waals surface area contributed by atoms with Crippen LogP contribution in [0.25, 0.3) is 0 Å². The van der Waals surface area contributed by atoms with E-state index in [1.54, 1.807) is 24.3 Å². The molecule has 0 aliphatic rings. The van der Waals surface area contributed by atoms with Crippen LogP contribution in [0, 0.1) is 6.92 Å². The fourth-order valence-corrected chi connectivity index (χ4v) is 2.33. The summed E-state index contributed by atoms with van der Waals surface area (Å²) in [7, 11) is 0. The van der Waals surface area contributed by atoms with Crippen molar-refractivity contribution in [1.29, 1.82) is 0 Å². The molecule has 0 spiro atoms. The average Bonchev–Trinajstić information content (AvgIpc) is 2.50. The maximum absolute atomic E-state index is 12.3. The van der Waals surface area contributed by atoms with Gasteiger partial charge in [0.1, 0.15) is 5.75 Å². The van der Waals surface area contributed by atoms with Crippen molar-refractivity contribution in [3.63, 3.8) is 0 Å². The molecule has 1 amide bonds. The summed E-state index contributed by atoms with van der Waals surface area (Å²) in [4.78, 5) is 12.3. The third-order valence-electron chi connectivity index (χ3n) is 3.29. The second-order valence-electron chi connectivity index (χ2n) is 5.18. The molecule has 0 unspecified atom stereocenters. The zero-order valence-electron chi connectivity index (χ0n) is 12.8. The number of hydrogen-bond donors (Lipinski definition) is 1. The first-order valence-corrected chi connectivity index (χ1v) is 7.71. The quantitative estimate of drug-likeness (QED) is 0.870. The summed E-state index contributed by atoms with van der Waals surface area (Å²) in [6.07, 6.45) is 0.0647. The van der Waals surface area contributed by atoms with Gasteiger partial charge in [0.05, 0.1) is 0 Å². The van der Waals surface area contributed by atoms with Crippen molar-refractivity contribution in [2.24, 2.45) is 0 Å². The summed E-state index contributed by atoms with van der Waals surface area (Å²) < 4.78 is 5.72. The van der Waals surface area contributed by atoms with Crippen molar-refractivity contribution in [3.8, 4) is 5.75 Å². The van der Waals surface area contributed by atoms with Crippen LogP contribution in [-0.2, 0) is 11.3 Å². The number of benzene rings is 2. The van der Waals surface area contributed by atoms with E-state index in [0.717, 1.165) is 5.56 Å². The van der Waals surface area contributed by atoms with E-state index in [9.17, 15) is 4.79 Å². The molecule has 0 aliphatic carbocycles. The largest absolute Gasteiger partial charge is 0.481 e. The van der Waals surface area contributed by atoms with Crippen LogP contribution in [0.3, 0.4) is 0 Å². The molecule has 2 aromatic rings. The molecule has 4 heteroatoms. The Kier molecular flexibility index (Phi) is 5.84. The molecular weight excluding hydrogens is 298 g/mol. The Bertz CT molecular complexity index is 642. The number of aryl methyl sites for hydroxylation is 1. The molecule has 0 radical (unpaired) electrons. The van der Waals surface area contributed by atoms with Crippen LogP contribution in [0.5, 0.6) is 5.75 Å². The summed E-state index contributed by atoms with van der Waals surface area (Å²) in [5, 5.41) is 3.51. The van der Waals surface area contributed by atoms with Crippen molar-refractivity contribution in [3.05, 3.63) is 64.7 Å². The number of carbonyl (C=O) groups is 1. The predicted octanol–water partition coefficient (Wildman–Crippen LogP) is 4.12. The topological polar surface area (TPSA) is 38.3 Å². The molecule has 1 atom stereocenters. The Morgan fingerprint density at radius 1 is 1.23 bits per heavy atom. The van der Waals surface area contributed by atoms with Crippen molar-refractivity contribution in [2.45, 2.75) is 32.9 Å². The highest BCUT2D eigenvalue weighted by molar-refractivity contribution is 6.30. The van der Waals surface area contributed by atoms with Crippen LogP contribution >= 0.6 is 11.6 Å². The fourth-order valence-electron chi connectivity index (χ4n) is 2.15. The minimum Gasteiger partial charge on any atom is -0.481 e. The lowest BCUT2D eigenvalue weighted by Gasteiger charge is -2.17. The van der Waals surface area contributed by atoms with Crippen molar-refractivity contribution < 1.29 is 9.53 Å². The maximum Gasteiger partial charge on any atom is 0.261 e. The Hall–Kier alpha value is -2.00. The van der Waals surface area contributed by atoms with Crippen LogP contribution in [-0.4, -0.2) is 12.0 Å². The molecule has 116 valence electrons. The van der Waals surface area contributed by atoms with Gasteiger partial charge in [-0.2, -0.15) is 0 Å². The second kappa shape index (κ2) is 7.85. The first kappa shape index (κ1) is 16.4. The SMILES string of the molecule is CC[C@@H](Oc1cccc(Cl)c1)C(=O)NCc1cccc(C)c1. The van der Waals surface area contributed by atoms with Gasteiger partial charge in [0.25, 0.3) is 5.91 Å². The van der Waals surface area contributed by atoms with Gasteiger partial charge in [-0.05, 0) is 37.1 Å². The Morgan fingerprint density at radius 3 is 2.68 bits per heavy atom. The van der Waals surface area contributed by atoms with Crippen molar-refractivity contribution in [1.82, 2.24) is 5.32 Å². The molecule has 2 rings (SSSR count). The standard InChI is InChI=1S/C18H20ClNO2/c1-3-17(22-16-9-5-8-15(19)11-16)18(21)20-12-14-7-4-6-13(2)10-14/h4-11,17H,3,12H2,1-2H3,(H,20,21)/t17-/m1/s1. The zero-order chi connectivity index (χ0) is 15.9. The first-order valence-electron chi connectivity index (χ1n) is 7.34. The maximum atomic E-state index is 12.3. The van der Waals surface area contributed by atoms with Gasteiger partial charge in [-0.25, -0.2) is 0 Å². The molecule has 0 fully saturated rings. The summed E-state index contributed by atoms with van der Waals surface area (Å²) in [6.45, 7) is 4.44. The van der Waals surface area contributed by atoms with Gasteiger partial charge in [-0.3, -0.25) is 4.79 Å². The molecule has 0 aromatic heterocycles. The third-order valence-corrected chi connectivity index (χ3v) is 3.52. The number of halogens is 1. The molecule has 3 nitrogen and oxygen atoms in total. The molecule has 0 heterocycles. The van der Waals surface area contributed by atoms with Gasteiger partial charge < -0.3 is 10.1 Å². The summed E-state index contributed by atoms with van der Waals surface area (Å²) in [6, 6.07) is 15.1. The number of rotatable bonds is 6. The highest BCUT2D eigenvalue weighted by Crippen LogP contribution is 2.19. The summed E-state index contributed by atoms with van der Waals surface area (Å²) in [5.41, 5.74) is 2.25. The Labute approximate surface area is 136 Å². The van der Waals surface area contributed by atoms with E-state index < -0.39 is 6.10 Å². The van der Waals surface area contributed by atoms with Crippen molar-refractivity contribution in [2.75, 3.05) is 0 Å². The van der Waals surface area contributed by atoms with Crippen LogP contribution in [0.4, 0.5) is 0 Å². The lowest BCUT2D eigenvalue weighted by atomic mass is 10.1. The molecule has 2 aromatic carbocycles. The fraction of sp³-hybridized carbons (Fsp3) is 0.278. The number of amides is 1. The molecular formula is C18H20ClNO2. The van der Waals surface area contributed by atoms with E-state index in [1.807, 2.05) is 32.0 Å². The van der Waals surface area contributed by atoms with Gasteiger partial charge in [0, 0.05) is 11.6 Å². The van der Waals surface area contributed by atoms with Crippen LogP contribution in [0.15, 0.2) is 48.5 Å². The minimum absolute atomic E-state index is 0.121. The summed E-state index contributed by atoms with van der Waals surface area (Å²) in [5.74, 6) is 0.481. The predicted molar refractivity (Wildman–Crippen MR) is 89.2 cm³/mol. The van der Waals surface area contributed by atoms with Gasteiger partial charge in [-0.1, -0.05) is 54.4 Å². The average molecular weight is 318 g/mol. The third kappa shape index (κ3) is 4.78. The van der Waals surface area contributed by atoms with Crippen LogP contribution in [0.1, 0.15) is 24.5 Å². The van der Waals surface area contributed by atoms with E-state index in [0.29, 0.717) is 23.7 Å². The minimum atomic E-state index is -0.525. The monoisotopic (exact) mass is 317 g/mol. The lowest BCUT2D eigenvalue weighted by Crippen LogP contribution is -2.37. The molecule has 0 saturated heterocycles. The smallest absolute Gasteiger partial charge is 0.261 e. The lowest BCUT2D eigenvalue weighted by molar-refractivity contribution is -0.128. The van der Waals surface area contributed by atoms with E-state index in [4.69, 9.17) is 16.3 Å². The van der Waals surface area contributed by atoms with E-state index in [-0.39, 0.29) is 5.91 Å². The molecule has 0 saturated carbocycles. The zero-order valence-corrected chi connectivity index (χ0v) is 13.6. The van der Waals surface area contributed by atoms with E-state index >= 15 is 0 Å². The number of ether oxygens (including phenoxy) is 1. The van der Waals surface area contributed by atoms with Crippen LogP contribution in [0.2, 0.25) is 5.02 Å². The highest BCUT2D eigenvalue weighted by Gasteiger charge is 2.18. The van der Waals surface area contributed by atoms with Gasteiger partial charge in [-0.15, -0.1) is 0 Å². The van der Waals surface area contributed by atoms with Gasteiger partial charge in [0.15, 0.2) is 6.10 Å². The van der Waals surface area contributed by atoms with Gasteiger partial charge >= 0.3 is 0 Å². The van der Waals surface area contributed by atoms with Gasteiger partial charge in [0.2, 0.25) is 0 Å². The van der Waals surface area contributed by atoms with E-state index in [2.05, 4.69) is 11.4 Å². The number of nitrogens with one attached hydrogen (secondary N) is 1. The second-order valence-corrected chi connectivity index (χ2v) is 5.62. The van der Waals surface area contributed by atoms with Crippen molar-refractivity contribution >= 4 is 17.5 Å². The first-order chi connectivity index (χ1) is 10.6. The number of carbonyl (C=O) groups excluding carboxylic acids is 1. The molecule has 0 bridgehead atoms. The molecule has 22 heavy (non-hydrogen) atoms. The Balaban J connectivity index is 1.94. The Morgan fingerprint density at radius 2 is 2.00 bits per heavy atom. The van der Waals surface area contributed by atoms with Crippen LogP contribution < -0.4 is 10.1 Å². The number of hydrogen-bond acceptors (Lipinski definition) is 2. The summed E-state index contributed by atoms with van der Waals surface area (Å²) >= 11 is 5.93. The van der Waals surface area contributed by atoms with E-state index in [1.165, 1.54) is 5.56 Å². The highest BCUT2D eigenvalue weighted by atomic mass is 35.5.